The Balaban J connectivity index is 0.726. The maximum Gasteiger partial charge on any atom is 0.328 e. The quantitative estimate of drug-likeness (QED) is 0.182. The molecule has 344 valence electrons. The van der Waals surface area contributed by atoms with Gasteiger partial charge in [0, 0.05) is 76.0 Å². The number of carbonyl (C=O) groups is 4. The minimum atomic E-state index is -2.87. The van der Waals surface area contributed by atoms with E-state index in [0.29, 0.717) is 104 Å². The number of imidazole rings is 1. The van der Waals surface area contributed by atoms with E-state index < -0.39 is 36.1 Å². The van der Waals surface area contributed by atoms with Crippen LogP contribution in [0.3, 0.4) is 0 Å². The Labute approximate surface area is 379 Å². The Hall–Kier alpha value is -5.46. The molecule has 65 heavy (non-hydrogen) atoms. The van der Waals surface area contributed by atoms with E-state index in [2.05, 4.69) is 44.0 Å². The summed E-state index contributed by atoms with van der Waals surface area (Å²) in [7, 11) is 1.79. The van der Waals surface area contributed by atoms with Gasteiger partial charge in [-0.1, -0.05) is 23.7 Å². The Morgan fingerprint density at radius 2 is 1.66 bits per heavy atom. The molecule has 5 aliphatic heterocycles. The van der Waals surface area contributed by atoms with Crippen molar-refractivity contribution < 1.29 is 32.3 Å². The topological polar surface area (TPSA) is 151 Å². The van der Waals surface area contributed by atoms with E-state index in [-0.39, 0.29) is 43.1 Å². The van der Waals surface area contributed by atoms with Crippen molar-refractivity contribution in [3.05, 3.63) is 76.1 Å². The third-order valence-corrected chi connectivity index (χ3v) is 14.7. The Kier molecular flexibility index (Phi) is 11.6. The molecule has 3 N–H and O–H groups in total. The van der Waals surface area contributed by atoms with Crippen LogP contribution in [0, 0.1) is 5.92 Å². The van der Waals surface area contributed by atoms with Crippen LogP contribution in [0.5, 0.6) is 0 Å². The van der Waals surface area contributed by atoms with Gasteiger partial charge in [0.2, 0.25) is 5.91 Å². The van der Waals surface area contributed by atoms with Gasteiger partial charge in [-0.15, -0.1) is 5.10 Å². The first kappa shape index (κ1) is 43.4. The standard InChI is InChI=1S/C46H53ClF3N11O4/c1-51-35-24-40(55-61-38(25-52-42(35)61)43(63)53-34-23-33(34)48)59-19-11-31-28(3-2-4-36(31)59)21-27-7-14-56(15-8-27)39-12-18-58(26-46(39,49)50)30-9-16-57(17-10-30)44(64)29-5-6-32(47)37(22-29)60-20-13-41(62)54-45(60)65/h2-6,22,24-25,27,30,33-34,39,51H,7-21,23,26H2,1H3,(H,53,63)(H,54,62,65)/t33-,34+,39?/m0/s1. The van der Waals surface area contributed by atoms with Gasteiger partial charge in [0.25, 0.3) is 17.7 Å². The first-order valence-corrected chi connectivity index (χ1v) is 23.2. The van der Waals surface area contributed by atoms with E-state index >= 15 is 8.78 Å². The highest BCUT2D eigenvalue weighted by Gasteiger charge is 2.49. The minimum Gasteiger partial charge on any atom is -0.385 e. The molecule has 19 heteroatoms. The molecule has 0 radical (unpaired) electrons. The zero-order chi connectivity index (χ0) is 45.1. The normalized spacial score (nSPS) is 24.3. The van der Waals surface area contributed by atoms with Gasteiger partial charge in [0.1, 0.15) is 6.17 Å². The molecule has 10 rings (SSSR count). The summed E-state index contributed by atoms with van der Waals surface area (Å²) in [6.45, 7) is 3.27. The molecule has 3 atom stereocenters. The molecule has 2 aromatic heterocycles. The second-order valence-electron chi connectivity index (χ2n) is 18.4. The lowest BCUT2D eigenvalue weighted by Gasteiger charge is -2.48. The van der Waals surface area contributed by atoms with Crippen molar-refractivity contribution in [3.63, 3.8) is 0 Å². The second kappa shape index (κ2) is 17.4. The summed E-state index contributed by atoms with van der Waals surface area (Å²) < 4.78 is 47.3. The maximum atomic E-state index is 16.1. The lowest BCUT2D eigenvalue weighted by Crippen LogP contribution is -2.62. The van der Waals surface area contributed by atoms with Crippen LogP contribution in [0.2, 0.25) is 5.02 Å². The van der Waals surface area contributed by atoms with Crippen LogP contribution in [0.4, 0.5) is 40.8 Å². The average molecular weight is 916 g/mol. The second-order valence-corrected chi connectivity index (χ2v) is 18.8. The number of hydrogen-bond donors (Lipinski definition) is 3. The summed E-state index contributed by atoms with van der Waals surface area (Å²) in [4.78, 5) is 64.4. The molecule has 6 aliphatic rings. The number of fused-ring (bicyclic) bond motifs is 2. The zero-order valence-electron chi connectivity index (χ0n) is 36.2. The van der Waals surface area contributed by atoms with Gasteiger partial charge in [-0.25, -0.2) is 27.5 Å². The molecule has 1 aliphatic carbocycles. The lowest BCUT2D eigenvalue weighted by molar-refractivity contribution is -0.141. The number of likely N-dealkylation sites (tertiary alicyclic amines) is 3. The fourth-order valence-corrected chi connectivity index (χ4v) is 10.9. The van der Waals surface area contributed by atoms with Crippen LogP contribution in [0.1, 0.15) is 76.9 Å². The highest BCUT2D eigenvalue weighted by atomic mass is 35.5. The van der Waals surface area contributed by atoms with Crippen molar-refractivity contribution in [2.45, 2.75) is 88.0 Å². The van der Waals surface area contributed by atoms with Crippen molar-refractivity contribution >= 4 is 63.9 Å². The molecule has 0 bridgehead atoms. The van der Waals surface area contributed by atoms with Crippen molar-refractivity contribution in [2.24, 2.45) is 5.92 Å². The molecule has 2 aromatic carbocycles. The van der Waals surface area contributed by atoms with Crippen LogP contribution in [0.25, 0.3) is 5.65 Å². The number of imide groups is 1. The third kappa shape index (κ3) is 8.48. The molecule has 15 nitrogen and oxygen atoms in total. The molecular weight excluding hydrogens is 863 g/mol. The summed E-state index contributed by atoms with van der Waals surface area (Å²) in [5.74, 6) is -2.82. The molecule has 4 saturated heterocycles. The number of piperidine rings is 3. The van der Waals surface area contributed by atoms with Crippen LogP contribution in [-0.4, -0.2) is 143 Å². The van der Waals surface area contributed by atoms with Crippen molar-refractivity contribution in [2.75, 3.05) is 74.5 Å². The highest BCUT2D eigenvalue weighted by molar-refractivity contribution is 6.34. The van der Waals surface area contributed by atoms with Crippen LogP contribution in [-0.2, 0) is 17.6 Å². The summed E-state index contributed by atoms with van der Waals surface area (Å²) in [6, 6.07) is 11.1. The predicted octanol–water partition coefficient (Wildman–Crippen LogP) is 5.67. The molecule has 5 fully saturated rings. The summed E-state index contributed by atoms with van der Waals surface area (Å²) in [5.41, 5.74) is 5.77. The minimum absolute atomic E-state index is 0.0480. The summed E-state index contributed by atoms with van der Waals surface area (Å²) in [6.07, 6.45) is 5.83. The number of anilines is 4. The van der Waals surface area contributed by atoms with Crippen LogP contribution >= 0.6 is 11.6 Å². The van der Waals surface area contributed by atoms with Gasteiger partial charge in [0.15, 0.2) is 17.2 Å². The Morgan fingerprint density at radius 3 is 2.38 bits per heavy atom. The number of hydrogen-bond acceptors (Lipinski definition) is 10. The number of halogens is 4. The number of nitrogens with one attached hydrogen (secondary N) is 3. The van der Waals surface area contributed by atoms with Crippen LogP contribution in [0.15, 0.2) is 48.7 Å². The van der Waals surface area contributed by atoms with E-state index in [1.165, 1.54) is 26.7 Å². The van der Waals surface area contributed by atoms with Gasteiger partial charge in [-0.3, -0.25) is 34.4 Å². The molecular formula is C46H53ClF3N11O4. The number of amides is 5. The predicted molar refractivity (Wildman–Crippen MR) is 239 cm³/mol. The summed E-state index contributed by atoms with van der Waals surface area (Å²) >= 11 is 6.40. The number of carbonyl (C=O) groups excluding carboxylic acids is 4. The van der Waals surface area contributed by atoms with Crippen LogP contribution < -0.4 is 25.8 Å². The third-order valence-electron chi connectivity index (χ3n) is 14.4. The van der Waals surface area contributed by atoms with E-state index in [4.69, 9.17) is 16.7 Å². The number of urea groups is 1. The van der Waals surface area contributed by atoms with Crippen molar-refractivity contribution in [1.29, 1.82) is 0 Å². The SMILES string of the molecule is CNc1cc(N2CCc3c(CC4CCN(C5CCN(C6CCN(C(=O)c7ccc(Cl)c(N8CCC(=O)NC8=O)c7)CC6)CC5(F)F)CC4)cccc32)nn2c(C(=O)N[C@@H]3C[C@@H]3F)cnc12. The maximum absolute atomic E-state index is 16.1. The smallest absolute Gasteiger partial charge is 0.328 e. The van der Waals surface area contributed by atoms with E-state index in [0.717, 1.165) is 31.4 Å². The van der Waals surface area contributed by atoms with Crippen molar-refractivity contribution in [1.82, 2.24) is 39.9 Å². The molecule has 4 aromatic rings. The van der Waals surface area contributed by atoms with E-state index in [1.54, 1.807) is 30.1 Å². The van der Waals surface area contributed by atoms with Gasteiger partial charge in [-0.05, 0) is 99.3 Å². The fraction of sp³-hybridized carbons (Fsp3) is 0.522. The monoisotopic (exact) mass is 915 g/mol. The van der Waals surface area contributed by atoms with E-state index in [1.807, 2.05) is 15.9 Å². The number of rotatable bonds is 10. The van der Waals surface area contributed by atoms with Crippen molar-refractivity contribution in [3.8, 4) is 0 Å². The Morgan fingerprint density at radius 1 is 0.908 bits per heavy atom. The number of benzene rings is 2. The average Bonchev–Trinajstić information content (AvgIpc) is 3.61. The highest BCUT2D eigenvalue weighted by Crippen LogP contribution is 2.40. The molecule has 5 amide bonds. The largest absolute Gasteiger partial charge is 0.385 e. The molecule has 1 saturated carbocycles. The van der Waals surface area contributed by atoms with Gasteiger partial charge >= 0.3 is 6.03 Å². The first-order valence-electron chi connectivity index (χ1n) is 22.8. The first-order chi connectivity index (χ1) is 31.3. The van der Waals surface area contributed by atoms with E-state index in [9.17, 15) is 23.6 Å². The van der Waals surface area contributed by atoms with Gasteiger partial charge < -0.3 is 20.4 Å². The number of alkyl halides is 3. The molecule has 7 heterocycles. The van der Waals surface area contributed by atoms with Gasteiger partial charge in [0.05, 0.1) is 41.2 Å². The van der Waals surface area contributed by atoms with Gasteiger partial charge in [-0.2, -0.15) is 0 Å². The molecule has 0 spiro atoms. The Bertz CT molecular complexity index is 2530. The number of aromatic nitrogens is 3. The lowest BCUT2D eigenvalue weighted by atomic mass is 9.86. The zero-order valence-corrected chi connectivity index (χ0v) is 37.0. The number of nitrogens with zero attached hydrogens (tertiary/aromatic N) is 8. The molecule has 1 unspecified atom stereocenters. The fourth-order valence-electron chi connectivity index (χ4n) is 10.7. The summed E-state index contributed by atoms with van der Waals surface area (Å²) in [5, 5.41) is 13.3.